The predicted octanol–water partition coefficient (Wildman–Crippen LogP) is 2.07. The summed E-state index contributed by atoms with van der Waals surface area (Å²) in [4.78, 5) is 3.88. The second-order valence-electron chi connectivity index (χ2n) is 3.84. The Kier molecular flexibility index (Phi) is 3.88. The van der Waals surface area contributed by atoms with Gasteiger partial charge in [0, 0.05) is 17.7 Å². The van der Waals surface area contributed by atoms with E-state index < -0.39 is 0 Å². The van der Waals surface area contributed by atoms with Crippen LogP contribution in [0.4, 0.5) is 4.39 Å². The Bertz CT molecular complexity index is 502. The van der Waals surface area contributed by atoms with Crippen LogP contribution >= 0.6 is 0 Å². The number of benzene rings is 1. The number of nitrogens with one attached hydrogen (secondary N) is 1. The van der Waals surface area contributed by atoms with Gasteiger partial charge in [0.2, 0.25) is 6.39 Å². The number of nitrogens with zero attached hydrogens (tertiary/aromatic N) is 2. The molecule has 0 aliphatic rings. The van der Waals surface area contributed by atoms with E-state index in [0.717, 1.165) is 0 Å². The van der Waals surface area contributed by atoms with Gasteiger partial charge in [-0.05, 0) is 13.0 Å². The summed E-state index contributed by atoms with van der Waals surface area (Å²) in [5.74, 6) is 0.736. The molecular weight excluding hydrogens is 237 g/mol. The van der Waals surface area contributed by atoms with Crippen molar-refractivity contribution in [2.24, 2.45) is 0 Å². The van der Waals surface area contributed by atoms with Crippen LogP contribution in [-0.2, 0) is 6.54 Å². The van der Waals surface area contributed by atoms with E-state index >= 15 is 0 Å². The molecule has 1 heterocycles. The van der Waals surface area contributed by atoms with Crippen molar-refractivity contribution in [3.05, 3.63) is 41.8 Å². The van der Waals surface area contributed by atoms with Gasteiger partial charge in [-0.1, -0.05) is 11.2 Å². The fraction of sp³-hybridized carbons (Fsp3) is 0.333. The highest BCUT2D eigenvalue weighted by Gasteiger charge is 2.12. The number of hydrogen-bond donors (Lipinski definition) is 1. The normalized spacial score (nSPS) is 12.4. The molecule has 0 radical (unpaired) electrons. The monoisotopic (exact) mass is 251 g/mol. The molecule has 1 N–H and O–H groups in total. The molecule has 0 aliphatic heterocycles. The minimum atomic E-state index is -0.303. The van der Waals surface area contributed by atoms with Crippen molar-refractivity contribution < 1.29 is 13.7 Å². The van der Waals surface area contributed by atoms with E-state index in [4.69, 9.17) is 4.74 Å². The first-order chi connectivity index (χ1) is 8.70. The third-order valence-electron chi connectivity index (χ3n) is 2.65. The van der Waals surface area contributed by atoms with Crippen LogP contribution in [0.2, 0.25) is 0 Å². The van der Waals surface area contributed by atoms with Crippen LogP contribution in [0.5, 0.6) is 5.75 Å². The van der Waals surface area contributed by atoms with Gasteiger partial charge in [0.1, 0.15) is 11.6 Å². The molecule has 5 nitrogen and oxygen atoms in total. The van der Waals surface area contributed by atoms with Crippen LogP contribution in [-0.4, -0.2) is 17.3 Å². The van der Waals surface area contributed by atoms with Crippen LogP contribution < -0.4 is 10.1 Å². The van der Waals surface area contributed by atoms with Crippen LogP contribution in [0.1, 0.15) is 24.4 Å². The lowest BCUT2D eigenvalue weighted by atomic mass is 10.1. The number of halogens is 1. The van der Waals surface area contributed by atoms with E-state index in [1.54, 1.807) is 12.1 Å². The van der Waals surface area contributed by atoms with Gasteiger partial charge in [0.25, 0.3) is 0 Å². The van der Waals surface area contributed by atoms with E-state index in [-0.39, 0.29) is 11.9 Å². The molecule has 6 heteroatoms. The van der Waals surface area contributed by atoms with Gasteiger partial charge in [-0.15, -0.1) is 0 Å². The highest BCUT2D eigenvalue weighted by molar-refractivity contribution is 5.30. The van der Waals surface area contributed by atoms with Gasteiger partial charge in [0.05, 0.1) is 13.7 Å². The van der Waals surface area contributed by atoms with Crippen molar-refractivity contribution in [1.29, 1.82) is 0 Å². The average molecular weight is 251 g/mol. The summed E-state index contributed by atoms with van der Waals surface area (Å²) in [6.07, 6.45) is 1.26. The lowest BCUT2D eigenvalue weighted by molar-refractivity contribution is 0.403. The zero-order valence-electron chi connectivity index (χ0n) is 10.2. The largest absolute Gasteiger partial charge is 0.497 e. The quantitative estimate of drug-likeness (QED) is 0.881. The molecule has 18 heavy (non-hydrogen) atoms. The van der Waals surface area contributed by atoms with E-state index in [1.165, 1.54) is 19.6 Å². The maximum Gasteiger partial charge on any atom is 0.213 e. The Balaban J connectivity index is 2.02. The molecule has 0 amide bonds. The fourth-order valence-corrected chi connectivity index (χ4v) is 1.61. The molecule has 1 aromatic heterocycles. The third-order valence-corrected chi connectivity index (χ3v) is 2.65. The van der Waals surface area contributed by atoms with E-state index in [9.17, 15) is 4.39 Å². The van der Waals surface area contributed by atoms with Crippen molar-refractivity contribution in [2.45, 2.75) is 19.5 Å². The second-order valence-corrected chi connectivity index (χ2v) is 3.84. The summed E-state index contributed by atoms with van der Waals surface area (Å²) < 4.78 is 23.4. The number of rotatable bonds is 5. The Labute approximate surface area is 104 Å². The number of ether oxygens (including phenoxy) is 1. The maximum absolute atomic E-state index is 13.8. The van der Waals surface area contributed by atoms with Crippen molar-refractivity contribution in [2.75, 3.05) is 7.11 Å². The SMILES string of the molecule is COc1ccc(C(C)NCc2ncon2)c(F)c1. The van der Waals surface area contributed by atoms with Crippen molar-refractivity contribution >= 4 is 0 Å². The molecule has 0 saturated carbocycles. The van der Waals surface area contributed by atoms with E-state index in [1.807, 2.05) is 6.92 Å². The van der Waals surface area contributed by atoms with Crippen LogP contribution in [0.15, 0.2) is 29.1 Å². The minimum absolute atomic E-state index is 0.158. The Hall–Kier alpha value is -1.95. The highest BCUT2D eigenvalue weighted by atomic mass is 19.1. The first kappa shape index (κ1) is 12.5. The molecule has 1 atom stereocenters. The summed E-state index contributed by atoms with van der Waals surface area (Å²) in [6, 6.07) is 4.63. The van der Waals surface area contributed by atoms with Crippen LogP contribution in [0, 0.1) is 5.82 Å². The fourth-order valence-electron chi connectivity index (χ4n) is 1.61. The van der Waals surface area contributed by atoms with Crippen molar-refractivity contribution in [1.82, 2.24) is 15.5 Å². The molecule has 0 aliphatic carbocycles. The Morgan fingerprint density at radius 1 is 1.50 bits per heavy atom. The summed E-state index contributed by atoms with van der Waals surface area (Å²) in [5.41, 5.74) is 0.569. The Morgan fingerprint density at radius 2 is 2.33 bits per heavy atom. The molecule has 0 saturated heterocycles. The van der Waals surface area contributed by atoms with Gasteiger partial charge in [-0.25, -0.2) is 4.39 Å². The average Bonchev–Trinajstić information content (AvgIpc) is 2.88. The smallest absolute Gasteiger partial charge is 0.213 e. The zero-order chi connectivity index (χ0) is 13.0. The number of methoxy groups -OCH3 is 1. The molecule has 2 aromatic rings. The maximum atomic E-state index is 13.8. The van der Waals surface area contributed by atoms with E-state index in [0.29, 0.717) is 23.7 Å². The number of aromatic nitrogens is 2. The Morgan fingerprint density at radius 3 is 2.94 bits per heavy atom. The molecule has 1 aromatic carbocycles. The molecular formula is C12H14FN3O2. The first-order valence-corrected chi connectivity index (χ1v) is 5.52. The molecule has 2 rings (SSSR count). The van der Waals surface area contributed by atoms with E-state index in [2.05, 4.69) is 20.0 Å². The molecule has 0 bridgehead atoms. The van der Waals surface area contributed by atoms with Gasteiger partial charge in [-0.3, -0.25) is 0 Å². The highest BCUT2D eigenvalue weighted by Crippen LogP contribution is 2.21. The van der Waals surface area contributed by atoms with Gasteiger partial charge in [0.15, 0.2) is 5.82 Å². The summed E-state index contributed by atoms with van der Waals surface area (Å²) in [6.45, 7) is 2.29. The van der Waals surface area contributed by atoms with Gasteiger partial charge in [-0.2, -0.15) is 4.98 Å². The predicted molar refractivity (Wildman–Crippen MR) is 62.5 cm³/mol. The summed E-state index contributed by atoms with van der Waals surface area (Å²) in [7, 11) is 1.51. The minimum Gasteiger partial charge on any atom is -0.497 e. The molecule has 0 fully saturated rings. The van der Waals surface area contributed by atoms with Gasteiger partial charge >= 0.3 is 0 Å². The van der Waals surface area contributed by atoms with Crippen LogP contribution in [0.3, 0.4) is 0 Å². The van der Waals surface area contributed by atoms with Crippen molar-refractivity contribution in [3.63, 3.8) is 0 Å². The lowest BCUT2D eigenvalue weighted by Crippen LogP contribution is -2.19. The topological polar surface area (TPSA) is 60.2 Å². The standard InChI is InChI=1S/C12H14FN3O2/c1-8(14-6-12-15-7-18-16-12)10-4-3-9(17-2)5-11(10)13/h3-5,7-8,14H,6H2,1-2H3. The van der Waals surface area contributed by atoms with Crippen molar-refractivity contribution in [3.8, 4) is 5.75 Å². The zero-order valence-corrected chi connectivity index (χ0v) is 10.2. The van der Waals surface area contributed by atoms with Crippen LogP contribution in [0.25, 0.3) is 0 Å². The summed E-state index contributed by atoms with van der Waals surface area (Å²) in [5, 5.41) is 6.78. The lowest BCUT2D eigenvalue weighted by Gasteiger charge is -2.14. The first-order valence-electron chi connectivity index (χ1n) is 5.52. The number of hydrogen-bond acceptors (Lipinski definition) is 5. The van der Waals surface area contributed by atoms with Gasteiger partial charge < -0.3 is 14.6 Å². The third kappa shape index (κ3) is 2.84. The molecule has 0 spiro atoms. The second kappa shape index (κ2) is 5.59. The summed E-state index contributed by atoms with van der Waals surface area (Å²) >= 11 is 0. The molecule has 1 unspecified atom stereocenters. The molecule has 96 valence electrons.